The molecule has 4 aliphatic heterocycles. The topological polar surface area (TPSA) is 29.5 Å². The number of piperidine rings is 3. The zero-order valence-electron chi connectivity index (χ0n) is 21.5. The van der Waals surface area contributed by atoms with E-state index in [1.165, 1.54) is 31.5 Å². The second-order valence-electron chi connectivity index (χ2n) is 11.2. The number of rotatable bonds is 7. The van der Waals surface area contributed by atoms with Crippen LogP contribution in [-0.4, -0.2) is 60.7 Å². The van der Waals surface area contributed by atoms with Crippen molar-refractivity contribution in [3.05, 3.63) is 70.7 Å². The van der Waals surface area contributed by atoms with Gasteiger partial charge >= 0.3 is 5.97 Å². The predicted octanol–water partition coefficient (Wildman–Crippen LogP) is 2.83. The van der Waals surface area contributed by atoms with Crippen molar-refractivity contribution in [1.82, 2.24) is 4.90 Å². The summed E-state index contributed by atoms with van der Waals surface area (Å²) in [5.74, 6) is 0.437. The van der Waals surface area contributed by atoms with E-state index in [1.807, 2.05) is 30.3 Å². The minimum absolute atomic E-state index is 0. The van der Waals surface area contributed by atoms with E-state index in [9.17, 15) is 4.79 Å². The van der Waals surface area contributed by atoms with E-state index in [1.54, 1.807) is 0 Å². The Morgan fingerprint density at radius 3 is 2.39 bits per heavy atom. The Bertz CT molecular complexity index is 1000. The molecular formula is C30H40BrClN2O2. The van der Waals surface area contributed by atoms with E-state index >= 15 is 0 Å². The summed E-state index contributed by atoms with van der Waals surface area (Å²) in [6.45, 7) is 8.43. The third-order valence-electron chi connectivity index (χ3n) is 9.04. The van der Waals surface area contributed by atoms with Crippen molar-refractivity contribution in [3.63, 3.8) is 0 Å². The fourth-order valence-electron chi connectivity index (χ4n) is 6.69. The lowest BCUT2D eigenvalue weighted by Gasteiger charge is -2.52. The highest BCUT2D eigenvalue weighted by Crippen LogP contribution is 2.38. The van der Waals surface area contributed by atoms with Gasteiger partial charge in [-0.1, -0.05) is 66.9 Å². The van der Waals surface area contributed by atoms with E-state index in [0.717, 1.165) is 73.4 Å². The van der Waals surface area contributed by atoms with Gasteiger partial charge in [-0.3, -0.25) is 4.90 Å². The van der Waals surface area contributed by atoms with Crippen molar-refractivity contribution in [1.29, 1.82) is 0 Å². The molecule has 2 atom stereocenters. The van der Waals surface area contributed by atoms with Crippen LogP contribution in [0.15, 0.2) is 54.6 Å². The number of carbonyl (C=O) groups is 1. The fourth-order valence-corrected chi connectivity index (χ4v) is 6.90. The monoisotopic (exact) mass is 574 g/mol. The molecule has 0 spiro atoms. The Hall–Kier alpha value is -1.40. The van der Waals surface area contributed by atoms with Gasteiger partial charge in [0.1, 0.15) is 12.1 Å². The molecule has 4 nitrogen and oxygen atoms in total. The molecular weight excluding hydrogens is 536 g/mol. The highest BCUT2D eigenvalue weighted by atomic mass is 79.9. The Morgan fingerprint density at radius 1 is 1.03 bits per heavy atom. The summed E-state index contributed by atoms with van der Waals surface area (Å²) >= 11 is 6.22. The number of likely N-dealkylation sites (tertiary alicyclic amines) is 1. The van der Waals surface area contributed by atoms with Crippen molar-refractivity contribution < 1.29 is 31.0 Å². The highest BCUT2D eigenvalue weighted by Gasteiger charge is 2.50. The molecule has 4 fully saturated rings. The largest absolute Gasteiger partial charge is 1.00 e. The summed E-state index contributed by atoms with van der Waals surface area (Å²) < 4.78 is 7.58. The number of hydrogen-bond acceptors (Lipinski definition) is 3. The average Bonchev–Trinajstić information content (AvgIpc) is 3.18. The number of halogens is 2. The second kappa shape index (κ2) is 12.0. The number of ether oxygens (including phenoxy) is 1. The van der Waals surface area contributed by atoms with Gasteiger partial charge in [0.2, 0.25) is 0 Å². The van der Waals surface area contributed by atoms with Crippen LogP contribution in [0.3, 0.4) is 0 Å². The molecule has 196 valence electrons. The molecule has 2 bridgehead atoms. The molecule has 6 rings (SSSR count). The maximum absolute atomic E-state index is 14.1. The number of carbonyl (C=O) groups excluding carboxylic acids is 1. The Kier molecular flexibility index (Phi) is 9.19. The van der Waals surface area contributed by atoms with E-state index in [4.69, 9.17) is 16.3 Å². The first-order valence-corrected chi connectivity index (χ1v) is 14.0. The Morgan fingerprint density at radius 2 is 1.72 bits per heavy atom. The van der Waals surface area contributed by atoms with Gasteiger partial charge in [0.25, 0.3) is 0 Å². The van der Waals surface area contributed by atoms with Gasteiger partial charge in [0.05, 0.1) is 19.6 Å². The number of esters is 1. The molecule has 0 N–H and O–H groups in total. The van der Waals surface area contributed by atoms with Crippen LogP contribution in [0.5, 0.6) is 0 Å². The Labute approximate surface area is 232 Å². The highest BCUT2D eigenvalue weighted by molar-refractivity contribution is 6.30. The quantitative estimate of drug-likeness (QED) is 0.376. The van der Waals surface area contributed by atoms with Gasteiger partial charge in [-0.25, -0.2) is 4.79 Å². The molecule has 0 aliphatic carbocycles. The lowest BCUT2D eigenvalue weighted by Crippen LogP contribution is -3.00. The van der Waals surface area contributed by atoms with Gasteiger partial charge in [-0.15, -0.1) is 0 Å². The molecule has 0 radical (unpaired) electrons. The van der Waals surface area contributed by atoms with Crippen LogP contribution < -0.4 is 17.0 Å². The minimum atomic E-state index is -0.733. The second-order valence-corrected chi connectivity index (χ2v) is 11.6. The van der Waals surface area contributed by atoms with Gasteiger partial charge in [0, 0.05) is 30.2 Å². The zero-order chi connectivity index (χ0) is 24.3. The number of hydrogen-bond donors (Lipinski definition) is 0. The molecule has 36 heavy (non-hydrogen) atoms. The van der Waals surface area contributed by atoms with E-state index in [2.05, 4.69) is 36.1 Å². The van der Waals surface area contributed by atoms with Crippen molar-refractivity contribution >= 4 is 17.6 Å². The number of benzene rings is 2. The molecule has 0 amide bonds. The van der Waals surface area contributed by atoms with Crippen LogP contribution in [0.4, 0.5) is 0 Å². The summed E-state index contributed by atoms with van der Waals surface area (Å²) in [6.07, 6.45) is 8.11. The smallest absolute Gasteiger partial charge is 0.331 e. The van der Waals surface area contributed by atoms with Gasteiger partial charge < -0.3 is 26.2 Å². The van der Waals surface area contributed by atoms with Crippen LogP contribution in [0.2, 0.25) is 5.02 Å². The average molecular weight is 576 g/mol. The van der Waals surface area contributed by atoms with E-state index < -0.39 is 5.54 Å². The van der Waals surface area contributed by atoms with Crippen molar-refractivity contribution in [2.45, 2.75) is 63.5 Å². The molecule has 2 aromatic carbocycles. The number of fused-ring (bicyclic) bond motifs is 3. The zero-order valence-corrected chi connectivity index (χ0v) is 23.9. The van der Waals surface area contributed by atoms with Gasteiger partial charge in [-0.2, -0.15) is 0 Å². The summed E-state index contributed by atoms with van der Waals surface area (Å²) in [5, 5.41) is 0.806. The first kappa shape index (κ1) is 27.6. The lowest BCUT2D eigenvalue weighted by atomic mass is 9.82. The minimum Gasteiger partial charge on any atom is -1.00 e. The van der Waals surface area contributed by atoms with E-state index in [-0.39, 0.29) is 29.1 Å². The Balaban J connectivity index is 0.00000304. The molecule has 0 aromatic heterocycles. The number of quaternary nitrogens is 1. The summed E-state index contributed by atoms with van der Waals surface area (Å²) in [4.78, 5) is 16.4. The summed E-state index contributed by atoms with van der Waals surface area (Å²) in [5.41, 5.74) is 1.62. The van der Waals surface area contributed by atoms with Crippen LogP contribution in [-0.2, 0) is 21.5 Å². The maximum atomic E-state index is 14.1. The van der Waals surface area contributed by atoms with E-state index in [0.29, 0.717) is 5.92 Å². The SMILES string of the molecule is CC(C(=O)O[C@H]1C[N+]2(CCc3cccc(Cl)c3)CCC1CC2)(c1ccccc1)N1CCCCCC1.[Br-]. The predicted molar refractivity (Wildman–Crippen MR) is 141 cm³/mol. The van der Waals surface area contributed by atoms with Crippen LogP contribution in [0.1, 0.15) is 56.6 Å². The number of nitrogens with zero attached hydrogens (tertiary/aromatic N) is 2. The van der Waals surface area contributed by atoms with Gasteiger partial charge in [0.15, 0.2) is 6.10 Å². The van der Waals surface area contributed by atoms with Crippen LogP contribution in [0, 0.1) is 5.92 Å². The third-order valence-corrected chi connectivity index (χ3v) is 9.27. The standard InChI is InChI=1S/C30H40ClN2O2.BrH/c1-30(26-11-5-4-6-12-26,32-17-7-2-3-8-18-32)29(34)35-28-23-33(20-15-25(28)16-21-33)19-14-24-10-9-13-27(31)22-24;/h4-6,9-13,22,25,28H,2-3,7-8,14-21,23H2,1H3;1H/q+1;/p-1/t25?,28-,30?,33?;/m0./s1. The molecule has 4 aliphatic rings. The van der Waals surface area contributed by atoms with Crippen molar-refractivity contribution in [2.75, 3.05) is 39.3 Å². The fraction of sp³-hybridized carbons (Fsp3) is 0.567. The molecule has 1 unspecified atom stereocenters. The van der Waals surface area contributed by atoms with Crippen molar-refractivity contribution in [3.8, 4) is 0 Å². The van der Waals surface area contributed by atoms with Crippen LogP contribution >= 0.6 is 11.6 Å². The molecule has 0 saturated carbocycles. The molecule has 4 saturated heterocycles. The normalized spacial score (nSPS) is 27.9. The third kappa shape index (κ3) is 5.85. The first-order valence-electron chi connectivity index (χ1n) is 13.6. The van der Waals surface area contributed by atoms with Crippen LogP contribution in [0.25, 0.3) is 0 Å². The van der Waals surface area contributed by atoms with Crippen molar-refractivity contribution in [2.24, 2.45) is 5.92 Å². The molecule has 4 heterocycles. The summed E-state index contributed by atoms with van der Waals surface area (Å²) in [7, 11) is 0. The maximum Gasteiger partial charge on any atom is 0.331 e. The van der Waals surface area contributed by atoms with Gasteiger partial charge in [-0.05, 0) is 56.1 Å². The molecule has 2 aromatic rings. The molecule has 6 heteroatoms. The lowest BCUT2D eigenvalue weighted by molar-refractivity contribution is -0.946. The first-order chi connectivity index (χ1) is 17.0. The summed E-state index contributed by atoms with van der Waals surface area (Å²) in [6, 6.07) is 18.5.